The lowest BCUT2D eigenvalue weighted by Gasteiger charge is -2.20. The van der Waals surface area contributed by atoms with Gasteiger partial charge in [-0.15, -0.1) is 11.3 Å². The van der Waals surface area contributed by atoms with Gasteiger partial charge >= 0.3 is 0 Å². The molecule has 2 aromatic heterocycles. The predicted octanol–water partition coefficient (Wildman–Crippen LogP) is 4.76. The van der Waals surface area contributed by atoms with Crippen molar-refractivity contribution in [3.8, 4) is 0 Å². The van der Waals surface area contributed by atoms with Crippen LogP contribution in [0, 0.1) is 6.92 Å². The highest BCUT2D eigenvalue weighted by atomic mass is 32.1. The first-order valence-corrected chi connectivity index (χ1v) is 9.14. The Morgan fingerprint density at radius 1 is 1.16 bits per heavy atom. The highest BCUT2D eigenvalue weighted by Crippen LogP contribution is 2.30. The molecule has 0 fully saturated rings. The second kappa shape index (κ2) is 6.01. The minimum absolute atomic E-state index is 0.0402. The molecule has 0 saturated heterocycles. The van der Waals surface area contributed by atoms with E-state index in [9.17, 15) is 4.79 Å². The second-order valence-electron chi connectivity index (χ2n) is 6.12. The first kappa shape index (κ1) is 15.8. The molecule has 0 radical (unpaired) electrons. The van der Waals surface area contributed by atoms with Gasteiger partial charge in [0.2, 0.25) is 0 Å². The minimum Gasteiger partial charge on any atom is -0.308 e. The second-order valence-corrected chi connectivity index (χ2v) is 7.15. The Kier molecular flexibility index (Phi) is 3.81. The maximum Gasteiger partial charge on any atom is 0.268 e. The summed E-state index contributed by atoms with van der Waals surface area (Å²) in [6, 6.07) is 16.3. The first-order valence-electron chi connectivity index (χ1n) is 8.32. The Morgan fingerprint density at radius 3 is 2.64 bits per heavy atom. The van der Waals surface area contributed by atoms with E-state index in [1.807, 2.05) is 54.7 Å². The molecule has 0 saturated carbocycles. The number of rotatable bonds is 3. The van der Waals surface area contributed by atoms with Crippen molar-refractivity contribution in [3.05, 3.63) is 59.1 Å². The van der Waals surface area contributed by atoms with Crippen LogP contribution in [0.2, 0.25) is 0 Å². The summed E-state index contributed by atoms with van der Waals surface area (Å²) in [4.78, 5) is 16.7. The SMILES string of the molecule is CCN(C(=O)c1cc2c(C)nn(C)c2s1)c1ccc2ccccc2c1. The zero-order valence-electron chi connectivity index (χ0n) is 14.5. The molecule has 0 unspecified atom stereocenters. The number of aromatic nitrogens is 2. The maximum absolute atomic E-state index is 13.1. The van der Waals surface area contributed by atoms with Crippen molar-refractivity contribution in [1.29, 1.82) is 0 Å². The summed E-state index contributed by atoms with van der Waals surface area (Å²) in [7, 11) is 1.92. The van der Waals surface area contributed by atoms with E-state index in [1.54, 1.807) is 0 Å². The highest BCUT2D eigenvalue weighted by molar-refractivity contribution is 7.20. The lowest BCUT2D eigenvalue weighted by atomic mass is 10.1. The largest absolute Gasteiger partial charge is 0.308 e. The van der Waals surface area contributed by atoms with Crippen LogP contribution < -0.4 is 4.90 Å². The molecule has 2 heterocycles. The van der Waals surface area contributed by atoms with E-state index in [-0.39, 0.29) is 5.91 Å². The molecule has 25 heavy (non-hydrogen) atoms. The quantitative estimate of drug-likeness (QED) is 0.535. The Balaban J connectivity index is 1.75. The predicted molar refractivity (Wildman–Crippen MR) is 105 cm³/mol. The molecule has 4 aromatic rings. The Bertz CT molecular complexity index is 1060. The van der Waals surface area contributed by atoms with Gasteiger partial charge in [-0.3, -0.25) is 9.48 Å². The number of fused-ring (bicyclic) bond motifs is 2. The van der Waals surface area contributed by atoms with E-state index in [2.05, 4.69) is 29.4 Å². The average molecular weight is 349 g/mol. The van der Waals surface area contributed by atoms with Gasteiger partial charge in [0, 0.05) is 24.7 Å². The molecule has 1 amide bonds. The summed E-state index contributed by atoms with van der Waals surface area (Å²) >= 11 is 1.50. The summed E-state index contributed by atoms with van der Waals surface area (Å²) in [5.41, 5.74) is 1.89. The van der Waals surface area contributed by atoms with E-state index in [0.717, 1.165) is 31.9 Å². The number of carbonyl (C=O) groups is 1. The van der Waals surface area contributed by atoms with Crippen LogP contribution in [0.25, 0.3) is 21.0 Å². The van der Waals surface area contributed by atoms with Crippen LogP contribution >= 0.6 is 11.3 Å². The van der Waals surface area contributed by atoms with Gasteiger partial charge < -0.3 is 4.90 Å². The summed E-state index contributed by atoms with van der Waals surface area (Å²) in [5.74, 6) is 0.0402. The van der Waals surface area contributed by atoms with Crippen LogP contribution in [0.15, 0.2) is 48.5 Å². The fraction of sp³-hybridized carbons (Fsp3) is 0.200. The van der Waals surface area contributed by atoms with Crippen LogP contribution in [-0.2, 0) is 7.05 Å². The van der Waals surface area contributed by atoms with Crippen LogP contribution in [0.4, 0.5) is 5.69 Å². The smallest absolute Gasteiger partial charge is 0.268 e. The monoisotopic (exact) mass is 349 g/mol. The third-order valence-electron chi connectivity index (χ3n) is 4.51. The maximum atomic E-state index is 13.1. The van der Waals surface area contributed by atoms with Gasteiger partial charge in [-0.1, -0.05) is 30.3 Å². The number of aryl methyl sites for hydroxylation is 2. The first-order chi connectivity index (χ1) is 12.1. The molecule has 0 N–H and O–H groups in total. The fourth-order valence-corrected chi connectivity index (χ4v) is 4.30. The third kappa shape index (κ3) is 2.61. The standard InChI is InChI=1S/C20H19N3OS/c1-4-23(16-10-9-14-7-5-6-8-15(14)11-16)19(24)18-12-17-13(2)21-22(3)20(17)25-18/h5-12H,4H2,1-3H3. The van der Waals surface area contributed by atoms with Crippen LogP contribution in [-0.4, -0.2) is 22.2 Å². The van der Waals surface area contributed by atoms with Gasteiger partial charge in [-0.25, -0.2) is 0 Å². The summed E-state index contributed by atoms with van der Waals surface area (Å²) in [6.07, 6.45) is 0. The molecular weight excluding hydrogens is 330 g/mol. The molecule has 0 bridgehead atoms. The number of nitrogens with zero attached hydrogens (tertiary/aromatic N) is 3. The number of amides is 1. The van der Waals surface area contributed by atoms with E-state index in [4.69, 9.17) is 0 Å². The average Bonchev–Trinajstić information content (AvgIpc) is 3.17. The topological polar surface area (TPSA) is 38.1 Å². The van der Waals surface area contributed by atoms with E-state index >= 15 is 0 Å². The van der Waals surface area contributed by atoms with Crippen molar-refractivity contribution in [1.82, 2.24) is 9.78 Å². The van der Waals surface area contributed by atoms with E-state index in [1.165, 1.54) is 16.7 Å². The number of hydrogen-bond donors (Lipinski definition) is 0. The molecule has 126 valence electrons. The van der Waals surface area contributed by atoms with Gasteiger partial charge in [0.15, 0.2) is 0 Å². The van der Waals surface area contributed by atoms with E-state index < -0.39 is 0 Å². The number of hydrogen-bond acceptors (Lipinski definition) is 3. The van der Waals surface area contributed by atoms with Crippen molar-refractivity contribution in [2.75, 3.05) is 11.4 Å². The van der Waals surface area contributed by atoms with Gasteiger partial charge in [0.1, 0.15) is 4.83 Å². The Labute approximate surface area is 150 Å². The van der Waals surface area contributed by atoms with Gasteiger partial charge in [0.25, 0.3) is 5.91 Å². The molecule has 4 rings (SSSR count). The van der Waals surface area contributed by atoms with Crippen LogP contribution in [0.3, 0.4) is 0 Å². The van der Waals surface area contributed by atoms with Crippen molar-refractivity contribution in [2.24, 2.45) is 7.05 Å². The normalized spacial score (nSPS) is 11.3. The van der Waals surface area contributed by atoms with Crippen LogP contribution in [0.1, 0.15) is 22.3 Å². The summed E-state index contributed by atoms with van der Waals surface area (Å²) < 4.78 is 1.85. The van der Waals surface area contributed by atoms with Crippen molar-refractivity contribution in [2.45, 2.75) is 13.8 Å². The fourth-order valence-electron chi connectivity index (χ4n) is 3.23. The number of benzene rings is 2. The summed E-state index contributed by atoms with van der Waals surface area (Å²) in [6.45, 7) is 4.61. The number of anilines is 1. The third-order valence-corrected chi connectivity index (χ3v) is 5.70. The molecular formula is C20H19N3OS. The van der Waals surface area contributed by atoms with Crippen molar-refractivity contribution >= 4 is 43.9 Å². The summed E-state index contributed by atoms with van der Waals surface area (Å²) in [5, 5.41) is 7.79. The van der Waals surface area contributed by atoms with Crippen molar-refractivity contribution in [3.63, 3.8) is 0 Å². The minimum atomic E-state index is 0.0402. The van der Waals surface area contributed by atoms with Gasteiger partial charge in [0.05, 0.1) is 10.6 Å². The number of thiophene rings is 1. The zero-order valence-corrected chi connectivity index (χ0v) is 15.3. The van der Waals surface area contributed by atoms with Crippen LogP contribution in [0.5, 0.6) is 0 Å². The Hall–Kier alpha value is -2.66. The lowest BCUT2D eigenvalue weighted by molar-refractivity contribution is 0.0992. The number of carbonyl (C=O) groups excluding carboxylic acids is 1. The molecule has 4 nitrogen and oxygen atoms in total. The lowest BCUT2D eigenvalue weighted by Crippen LogP contribution is -2.29. The molecule has 0 atom stereocenters. The van der Waals surface area contributed by atoms with Gasteiger partial charge in [-0.2, -0.15) is 5.10 Å². The molecule has 0 aliphatic carbocycles. The molecule has 5 heteroatoms. The molecule has 0 spiro atoms. The highest BCUT2D eigenvalue weighted by Gasteiger charge is 2.21. The molecule has 2 aromatic carbocycles. The van der Waals surface area contributed by atoms with Gasteiger partial charge in [-0.05, 0) is 42.8 Å². The van der Waals surface area contributed by atoms with E-state index in [0.29, 0.717) is 6.54 Å². The Morgan fingerprint density at radius 2 is 1.92 bits per heavy atom. The van der Waals surface area contributed by atoms with Crippen molar-refractivity contribution < 1.29 is 4.79 Å². The molecule has 0 aliphatic heterocycles. The zero-order chi connectivity index (χ0) is 17.6. The molecule has 0 aliphatic rings.